The van der Waals surface area contributed by atoms with Crippen LogP contribution in [0.25, 0.3) is 0 Å². The minimum Gasteiger partial charge on any atom is -0.496 e. The maximum absolute atomic E-state index is 5.42. The fourth-order valence-corrected chi connectivity index (χ4v) is 1.73. The highest BCUT2D eigenvalue weighted by Crippen LogP contribution is 2.33. The Kier molecular flexibility index (Phi) is 3.94. The molecule has 0 aromatic heterocycles. The van der Waals surface area contributed by atoms with Gasteiger partial charge in [0.15, 0.2) is 0 Å². The summed E-state index contributed by atoms with van der Waals surface area (Å²) in [7, 11) is 1.69. The number of rotatable bonds is 3. The van der Waals surface area contributed by atoms with E-state index in [9.17, 15) is 0 Å². The molecular weight excluding hydrogens is 202 g/mol. The minimum atomic E-state index is 0.0677. The SMILES string of the molecule is COc1cc(CON)c(C)cc1C(C)(C)C. The Morgan fingerprint density at radius 3 is 2.31 bits per heavy atom. The molecule has 2 N–H and O–H groups in total. The van der Waals surface area contributed by atoms with Crippen LogP contribution in [0.2, 0.25) is 0 Å². The Hall–Kier alpha value is -1.06. The fraction of sp³-hybridized carbons (Fsp3) is 0.538. The number of methoxy groups -OCH3 is 1. The van der Waals surface area contributed by atoms with Gasteiger partial charge in [-0.25, -0.2) is 5.90 Å². The van der Waals surface area contributed by atoms with Crippen LogP contribution in [0.5, 0.6) is 5.75 Å². The third-order valence-electron chi connectivity index (χ3n) is 2.70. The summed E-state index contributed by atoms with van der Waals surface area (Å²) in [6, 6.07) is 4.15. The standard InChI is InChI=1S/C13H21NO2/c1-9-6-11(13(2,3)4)12(15-5)7-10(9)8-16-14/h6-7H,8,14H2,1-5H3. The van der Waals surface area contributed by atoms with Gasteiger partial charge in [-0.05, 0) is 35.1 Å². The van der Waals surface area contributed by atoms with Crippen LogP contribution >= 0.6 is 0 Å². The van der Waals surface area contributed by atoms with Crippen molar-refractivity contribution in [2.24, 2.45) is 5.90 Å². The first kappa shape index (κ1) is 13.0. The topological polar surface area (TPSA) is 44.5 Å². The van der Waals surface area contributed by atoms with Gasteiger partial charge in [-0.3, -0.25) is 4.84 Å². The molecular formula is C13H21NO2. The lowest BCUT2D eigenvalue weighted by Gasteiger charge is -2.23. The molecule has 0 aliphatic carbocycles. The molecule has 1 rings (SSSR count). The van der Waals surface area contributed by atoms with Gasteiger partial charge >= 0.3 is 0 Å². The van der Waals surface area contributed by atoms with Crippen LogP contribution in [0.15, 0.2) is 12.1 Å². The molecule has 0 aliphatic heterocycles. The molecule has 0 atom stereocenters. The first-order chi connectivity index (χ1) is 7.40. The number of hydrogen-bond acceptors (Lipinski definition) is 3. The van der Waals surface area contributed by atoms with E-state index in [2.05, 4.69) is 38.6 Å². The average Bonchev–Trinajstić information content (AvgIpc) is 2.19. The van der Waals surface area contributed by atoms with E-state index in [1.54, 1.807) is 7.11 Å². The number of aryl methyl sites for hydroxylation is 1. The van der Waals surface area contributed by atoms with Crippen molar-refractivity contribution in [3.05, 3.63) is 28.8 Å². The van der Waals surface area contributed by atoms with Crippen LogP contribution in [0.3, 0.4) is 0 Å². The Balaban J connectivity index is 3.27. The minimum absolute atomic E-state index is 0.0677. The molecule has 0 aliphatic rings. The third kappa shape index (κ3) is 2.74. The van der Waals surface area contributed by atoms with Crippen LogP contribution in [-0.4, -0.2) is 7.11 Å². The maximum Gasteiger partial charge on any atom is 0.122 e. The van der Waals surface area contributed by atoms with Crippen molar-refractivity contribution in [1.29, 1.82) is 0 Å². The molecule has 0 radical (unpaired) electrons. The largest absolute Gasteiger partial charge is 0.496 e. The van der Waals surface area contributed by atoms with Gasteiger partial charge in [-0.15, -0.1) is 0 Å². The van der Waals surface area contributed by atoms with E-state index in [1.165, 1.54) is 11.1 Å². The van der Waals surface area contributed by atoms with Crippen molar-refractivity contribution in [1.82, 2.24) is 0 Å². The summed E-state index contributed by atoms with van der Waals surface area (Å²) < 4.78 is 5.42. The normalized spacial score (nSPS) is 11.6. The lowest BCUT2D eigenvalue weighted by Crippen LogP contribution is -2.14. The lowest BCUT2D eigenvalue weighted by molar-refractivity contribution is 0.123. The smallest absolute Gasteiger partial charge is 0.122 e. The molecule has 0 bridgehead atoms. The quantitative estimate of drug-likeness (QED) is 0.801. The van der Waals surface area contributed by atoms with Gasteiger partial charge in [0.2, 0.25) is 0 Å². The zero-order valence-electron chi connectivity index (χ0n) is 10.8. The molecule has 3 heteroatoms. The second-order valence-electron chi connectivity index (χ2n) is 5.04. The van der Waals surface area contributed by atoms with E-state index >= 15 is 0 Å². The molecule has 0 saturated heterocycles. The highest BCUT2D eigenvalue weighted by atomic mass is 16.6. The molecule has 0 amide bonds. The zero-order chi connectivity index (χ0) is 12.3. The van der Waals surface area contributed by atoms with Crippen molar-refractivity contribution < 1.29 is 9.57 Å². The summed E-state index contributed by atoms with van der Waals surface area (Å²) >= 11 is 0. The third-order valence-corrected chi connectivity index (χ3v) is 2.70. The summed E-state index contributed by atoms with van der Waals surface area (Å²) in [5, 5.41) is 0. The molecule has 3 nitrogen and oxygen atoms in total. The van der Waals surface area contributed by atoms with Crippen LogP contribution in [0.1, 0.15) is 37.5 Å². The van der Waals surface area contributed by atoms with Crippen molar-refractivity contribution in [3.63, 3.8) is 0 Å². The molecule has 1 aromatic carbocycles. The van der Waals surface area contributed by atoms with E-state index in [0.29, 0.717) is 6.61 Å². The summed E-state index contributed by atoms with van der Waals surface area (Å²) in [6.45, 7) is 8.98. The summed E-state index contributed by atoms with van der Waals surface area (Å²) in [5.41, 5.74) is 3.51. The second kappa shape index (κ2) is 4.85. The Bertz CT molecular complexity index is 367. The Labute approximate surface area is 97.5 Å². The van der Waals surface area contributed by atoms with E-state index in [1.807, 2.05) is 6.07 Å². The molecule has 90 valence electrons. The zero-order valence-corrected chi connectivity index (χ0v) is 10.8. The first-order valence-corrected chi connectivity index (χ1v) is 5.40. The number of ether oxygens (including phenoxy) is 1. The monoisotopic (exact) mass is 223 g/mol. The molecule has 0 spiro atoms. The molecule has 0 heterocycles. The van der Waals surface area contributed by atoms with Crippen LogP contribution in [0, 0.1) is 6.92 Å². The average molecular weight is 223 g/mol. The van der Waals surface area contributed by atoms with Crippen molar-refractivity contribution in [2.45, 2.75) is 39.7 Å². The molecule has 1 aromatic rings. The van der Waals surface area contributed by atoms with Gasteiger partial charge in [0.05, 0.1) is 13.7 Å². The Morgan fingerprint density at radius 1 is 1.25 bits per heavy atom. The van der Waals surface area contributed by atoms with Gasteiger partial charge in [-0.1, -0.05) is 26.8 Å². The lowest BCUT2D eigenvalue weighted by atomic mass is 9.84. The van der Waals surface area contributed by atoms with E-state index in [4.69, 9.17) is 10.6 Å². The van der Waals surface area contributed by atoms with Crippen LogP contribution < -0.4 is 10.6 Å². The van der Waals surface area contributed by atoms with E-state index in [-0.39, 0.29) is 5.41 Å². The van der Waals surface area contributed by atoms with Crippen molar-refractivity contribution in [2.75, 3.05) is 7.11 Å². The fourth-order valence-electron chi connectivity index (χ4n) is 1.73. The van der Waals surface area contributed by atoms with Crippen molar-refractivity contribution >= 4 is 0 Å². The summed E-state index contributed by atoms with van der Waals surface area (Å²) in [5.74, 6) is 6.00. The van der Waals surface area contributed by atoms with Crippen molar-refractivity contribution in [3.8, 4) is 5.75 Å². The molecule has 0 fully saturated rings. The van der Waals surface area contributed by atoms with Crippen LogP contribution in [0.4, 0.5) is 0 Å². The molecule has 16 heavy (non-hydrogen) atoms. The van der Waals surface area contributed by atoms with Gasteiger partial charge in [-0.2, -0.15) is 0 Å². The van der Waals surface area contributed by atoms with Gasteiger partial charge in [0.1, 0.15) is 5.75 Å². The maximum atomic E-state index is 5.42. The highest BCUT2D eigenvalue weighted by Gasteiger charge is 2.20. The number of benzene rings is 1. The first-order valence-electron chi connectivity index (χ1n) is 5.40. The Morgan fingerprint density at radius 2 is 1.88 bits per heavy atom. The highest BCUT2D eigenvalue weighted by molar-refractivity contribution is 5.45. The predicted molar refractivity (Wildman–Crippen MR) is 65.4 cm³/mol. The van der Waals surface area contributed by atoms with Gasteiger partial charge in [0.25, 0.3) is 0 Å². The number of nitrogens with two attached hydrogens (primary N) is 1. The van der Waals surface area contributed by atoms with Crippen LogP contribution in [-0.2, 0) is 16.9 Å². The van der Waals surface area contributed by atoms with E-state index < -0.39 is 0 Å². The second-order valence-corrected chi connectivity index (χ2v) is 5.04. The van der Waals surface area contributed by atoms with Gasteiger partial charge in [0, 0.05) is 0 Å². The number of hydrogen-bond donors (Lipinski definition) is 1. The van der Waals surface area contributed by atoms with Gasteiger partial charge < -0.3 is 4.74 Å². The summed E-state index contributed by atoms with van der Waals surface area (Å²) in [4.78, 5) is 4.68. The predicted octanol–water partition coefficient (Wildman–Crippen LogP) is 2.69. The molecule has 0 saturated carbocycles. The summed E-state index contributed by atoms with van der Waals surface area (Å²) in [6.07, 6.45) is 0. The molecule has 0 unspecified atom stereocenters. The van der Waals surface area contributed by atoms with E-state index in [0.717, 1.165) is 11.3 Å².